The number of fused-ring (bicyclic) bond motifs is 1. The molecule has 4 rings (SSSR count). The number of nitrogens with one attached hydrogen (secondary N) is 1. The van der Waals surface area contributed by atoms with E-state index in [1.807, 2.05) is 13.0 Å². The number of amides is 3. The minimum absolute atomic E-state index is 0.259. The van der Waals surface area contributed by atoms with Gasteiger partial charge in [0.1, 0.15) is 5.75 Å². The lowest BCUT2D eigenvalue weighted by molar-refractivity contribution is -0.106. The Kier molecular flexibility index (Phi) is 6.15. The van der Waals surface area contributed by atoms with Crippen LogP contribution in [-0.2, 0) is 11.2 Å². The second-order valence-corrected chi connectivity index (χ2v) is 8.80. The second kappa shape index (κ2) is 9.01. The molecule has 0 radical (unpaired) electrons. The van der Waals surface area contributed by atoms with Gasteiger partial charge in [-0.2, -0.15) is 5.26 Å². The third-order valence-electron chi connectivity index (χ3n) is 6.66. The van der Waals surface area contributed by atoms with Gasteiger partial charge in [-0.05, 0) is 68.1 Å². The monoisotopic (exact) mass is 432 g/mol. The summed E-state index contributed by atoms with van der Waals surface area (Å²) in [5, 5.41) is 12.0. The fourth-order valence-electron chi connectivity index (χ4n) is 4.42. The number of imide groups is 1. The predicted octanol–water partition coefficient (Wildman–Crippen LogP) is 3.78. The molecule has 2 aromatic carbocycles. The average Bonchev–Trinajstić information content (AvgIpc) is 3.28. The molecular weight excluding hydrogens is 404 g/mol. The molecule has 2 aromatic rings. The van der Waals surface area contributed by atoms with Crippen molar-refractivity contribution in [3.63, 3.8) is 0 Å². The predicted molar refractivity (Wildman–Crippen MR) is 121 cm³/mol. The molecule has 1 N–H and O–H groups in total. The van der Waals surface area contributed by atoms with E-state index in [1.165, 1.54) is 11.1 Å². The number of anilines is 1. The van der Waals surface area contributed by atoms with E-state index in [9.17, 15) is 9.59 Å². The Bertz CT molecular complexity index is 1040. The van der Waals surface area contributed by atoms with Gasteiger partial charge in [0.2, 0.25) is 6.41 Å². The molecular formula is C25H28N4O3. The fourth-order valence-corrected chi connectivity index (χ4v) is 4.42. The SMILES string of the molecule is C[C@H](c1ccc2c(c1)OCC2)N1CCC(C)(NC(=O)N(C=O)c2ccc(C#N)cc2)CC1. The van der Waals surface area contributed by atoms with Crippen molar-refractivity contribution in [1.82, 2.24) is 10.2 Å². The number of nitrogens with zero attached hydrogens (tertiary/aromatic N) is 3. The molecule has 0 spiro atoms. The number of likely N-dealkylation sites (tertiary alicyclic amines) is 1. The topological polar surface area (TPSA) is 85.7 Å². The number of urea groups is 1. The van der Waals surface area contributed by atoms with E-state index < -0.39 is 11.6 Å². The number of nitriles is 1. The van der Waals surface area contributed by atoms with Crippen LogP contribution in [0, 0.1) is 11.3 Å². The van der Waals surface area contributed by atoms with Crippen LogP contribution in [0.2, 0.25) is 0 Å². The number of carbonyl (C=O) groups is 2. The lowest BCUT2D eigenvalue weighted by Gasteiger charge is -2.42. The first-order valence-corrected chi connectivity index (χ1v) is 11.0. The largest absolute Gasteiger partial charge is 0.493 e. The number of rotatable bonds is 5. The van der Waals surface area contributed by atoms with Gasteiger partial charge in [0.25, 0.3) is 0 Å². The Labute approximate surface area is 188 Å². The molecule has 0 aliphatic carbocycles. The molecule has 0 bridgehead atoms. The van der Waals surface area contributed by atoms with Crippen molar-refractivity contribution in [2.75, 3.05) is 24.6 Å². The number of hydrogen-bond acceptors (Lipinski definition) is 5. The zero-order valence-corrected chi connectivity index (χ0v) is 18.5. The van der Waals surface area contributed by atoms with Crippen LogP contribution < -0.4 is 15.0 Å². The van der Waals surface area contributed by atoms with Crippen LogP contribution in [0.5, 0.6) is 5.75 Å². The van der Waals surface area contributed by atoms with E-state index in [2.05, 4.69) is 35.3 Å². The molecule has 2 aliphatic heterocycles. The molecule has 32 heavy (non-hydrogen) atoms. The van der Waals surface area contributed by atoms with Crippen LogP contribution in [0.25, 0.3) is 0 Å². The fraction of sp³-hybridized carbons (Fsp3) is 0.400. The van der Waals surface area contributed by atoms with Crippen molar-refractivity contribution < 1.29 is 14.3 Å². The summed E-state index contributed by atoms with van der Waals surface area (Å²) in [6, 6.07) is 14.7. The molecule has 166 valence electrons. The van der Waals surface area contributed by atoms with Gasteiger partial charge in [0.15, 0.2) is 0 Å². The number of carbonyl (C=O) groups excluding carboxylic acids is 2. The van der Waals surface area contributed by atoms with Crippen LogP contribution in [0.3, 0.4) is 0 Å². The van der Waals surface area contributed by atoms with E-state index in [1.54, 1.807) is 24.3 Å². The maximum atomic E-state index is 12.8. The Morgan fingerprint density at radius 2 is 1.97 bits per heavy atom. The first-order chi connectivity index (χ1) is 15.4. The van der Waals surface area contributed by atoms with Gasteiger partial charge in [0.05, 0.1) is 23.9 Å². The van der Waals surface area contributed by atoms with Gasteiger partial charge in [-0.3, -0.25) is 9.69 Å². The van der Waals surface area contributed by atoms with Crippen LogP contribution in [0.4, 0.5) is 10.5 Å². The van der Waals surface area contributed by atoms with Crippen molar-refractivity contribution in [2.45, 2.75) is 44.7 Å². The van der Waals surface area contributed by atoms with E-state index in [4.69, 9.17) is 10.00 Å². The molecule has 2 aliphatic rings. The smallest absolute Gasteiger partial charge is 0.328 e. The molecule has 1 atom stereocenters. The molecule has 0 aromatic heterocycles. The maximum Gasteiger partial charge on any atom is 0.328 e. The summed E-state index contributed by atoms with van der Waals surface area (Å²) in [6.45, 7) is 6.67. The highest BCUT2D eigenvalue weighted by molar-refractivity contribution is 6.06. The number of piperidine rings is 1. The summed E-state index contributed by atoms with van der Waals surface area (Å²) < 4.78 is 5.72. The normalized spacial score (nSPS) is 18.0. The van der Waals surface area contributed by atoms with Crippen molar-refractivity contribution in [2.24, 2.45) is 0 Å². The maximum absolute atomic E-state index is 12.8. The summed E-state index contributed by atoms with van der Waals surface area (Å²) >= 11 is 0. The van der Waals surface area contributed by atoms with Crippen LogP contribution in [-0.4, -0.2) is 42.6 Å². The average molecular weight is 433 g/mol. The summed E-state index contributed by atoms with van der Waals surface area (Å²) in [4.78, 5) is 27.9. The van der Waals surface area contributed by atoms with Gasteiger partial charge in [0, 0.05) is 31.1 Å². The molecule has 1 fully saturated rings. The van der Waals surface area contributed by atoms with Crippen molar-refractivity contribution in [3.05, 3.63) is 59.2 Å². The number of hydrogen-bond donors (Lipinski definition) is 1. The van der Waals surface area contributed by atoms with E-state index >= 15 is 0 Å². The minimum atomic E-state index is -0.454. The Hall–Kier alpha value is -3.37. The molecule has 7 heteroatoms. The van der Waals surface area contributed by atoms with Gasteiger partial charge >= 0.3 is 6.03 Å². The van der Waals surface area contributed by atoms with Gasteiger partial charge in [-0.25, -0.2) is 9.69 Å². The van der Waals surface area contributed by atoms with E-state index in [0.717, 1.165) is 49.6 Å². The van der Waals surface area contributed by atoms with Crippen molar-refractivity contribution >= 4 is 18.1 Å². The van der Waals surface area contributed by atoms with E-state index in [-0.39, 0.29) is 6.04 Å². The molecule has 7 nitrogen and oxygen atoms in total. The Morgan fingerprint density at radius 1 is 1.25 bits per heavy atom. The van der Waals surface area contributed by atoms with Crippen molar-refractivity contribution in [1.29, 1.82) is 5.26 Å². The Balaban J connectivity index is 1.37. The van der Waals surface area contributed by atoms with Crippen molar-refractivity contribution in [3.8, 4) is 11.8 Å². The standard InChI is InChI=1S/C25H28N4O3/c1-18(21-6-5-20-9-14-32-23(20)15-21)28-12-10-25(2,11-13-28)27-24(31)29(17-30)22-7-3-19(16-26)4-8-22/h3-8,15,17-18H,9-14H2,1-2H3,(H,27,31)/t18-/m1/s1. The van der Waals surface area contributed by atoms with Crippen LogP contribution >= 0.6 is 0 Å². The first-order valence-electron chi connectivity index (χ1n) is 11.0. The summed E-state index contributed by atoms with van der Waals surface area (Å²) in [7, 11) is 0. The summed E-state index contributed by atoms with van der Waals surface area (Å²) in [6.07, 6.45) is 3.05. The van der Waals surface area contributed by atoms with Gasteiger partial charge < -0.3 is 10.1 Å². The summed E-state index contributed by atoms with van der Waals surface area (Å²) in [5.41, 5.74) is 3.03. The second-order valence-electron chi connectivity index (χ2n) is 8.80. The Morgan fingerprint density at radius 3 is 2.62 bits per heavy atom. The first kappa shape index (κ1) is 21.8. The molecule has 1 saturated heterocycles. The van der Waals surface area contributed by atoms with Gasteiger partial charge in [-0.1, -0.05) is 12.1 Å². The molecule has 0 unspecified atom stereocenters. The lowest BCUT2D eigenvalue weighted by atomic mass is 9.88. The number of ether oxygens (including phenoxy) is 1. The number of benzene rings is 2. The third kappa shape index (κ3) is 4.46. The lowest BCUT2D eigenvalue weighted by Crippen LogP contribution is -2.56. The third-order valence-corrected chi connectivity index (χ3v) is 6.66. The van der Waals surface area contributed by atoms with E-state index in [0.29, 0.717) is 17.7 Å². The highest BCUT2D eigenvalue weighted by Crippen LogP contribution is 2.33. The molecule has 2 heterocycles. The highest BCUT2D eigenvalue weighted by atomic mass is 16.5. The quantitative estimate of drug-likeness (QED) is 0.727. The molecule has 0 saturated carbocycles. The zero-order valence-electron chi connectivity index (χ0n) is 18.5. The zero-order chi connectivity index (χ0) is 22.7. The van der Waals surface area contributed by atoms with Crippen LogP contribution in [0.15, 0.2) is 42.5 Å². The minimum Gasteiger partial charge on any atom is -0.493 e. The van der Waals surface area contributed by atoms with Gasteiger partial charge in [-0.15, -0.1) is 0 Å². The van der Waals surface area contributed by atoms with Crippen LogP contribution in [0.1, 0.15) is 49.4 Å². The molecule has 3 amide bonds. The summed E-state index contributed by atoms with van der Waals surface area (Å²) in [5.74, 6) is 1.00. The highest BCUT2D eigenvalue weighted by Gasteiger charge is 2.35.